The fraction of sp³-hybridized carbons (Fsp3) is 0.238. The van der Waals surface area contributed by atoms with E-state index < -0.39 is 11.9 Å². The first-order valence-corrected chi connectivity index (χ1v) is 11.4. The number of benzene rings is 1. The summed E-state index contributed by atoms with van der Waals surface area (Å²) in [7, 11) is 0. The Balaban J connectivity index is 1.75. The van der Waals surface area contributed by atoms with Crippen LogP contribution in [-0.2, 0) is 11.5 Å². The molecule has 1 N–H and O–H groups in total. The molecule has 0 aliphatic rings. The van der Waals surface area contributed by atoms with Gasteiger partial charge in [0.05, 0.1) is 21.5 Å². The van der Waals surface area contributed by atoms with Crippen LogP contribution in [-0.4, -0.2) is 34.0 Å². The zero-order valence-corrected chi connectivity index (χ0v) is 20.6. The highest BCUT2D eigenvalue weighted by Gasteiger charge is 2.26. The van der Waals surface area contributed by atoms with Crippen LogP contribution in [0.1, 0.15) is 49.9 Å². The van der Waals surface area contributed by atoms with E-state index in [0.29, 0.717) is 25.7 Å². The zero-order valence-electron chi connectivity index (χ0n) is 17.4. The van der Waals surface area contributed by atoms with Gasteiger partial charge < -0.3 is 14.8 Å². The molecule has 0 spiro atoms. The number of hydrogen-bond acceptors (Lipinski definition) is 7. The number of ether oxygens (including phenoxy) is 2. The number of ketones is 1. The summed E-state index contributed by atoms with van der Waals surface area (Å²) in [6, 6.07) is 6.64. The van der Waals surface area contributed by atoms with Crippen molar-refractivity contribution in [2.75, 3.05) is 11.9 Å². The Morgan fingerprint density at radius 3 is 2.69 bits per heavy atom. The minimum absolute atomic E-state index is 0.0637. The van der Waals surface area contributed by atoms with Crippen LogP contribution in [0.2, 0.25) is 5.02 Å². The summed E-state index contributed by atoms with van der Waals surface area (Å²) in [5.41, 5.74) is 0.767. The van der Waals surface area contributed by atoms with E-state index in [4.69, 9.17) is 21.1 Å². The molecule has 2 aromatic heterocycles. The first-order chi connectivity index (χ1) is 15.2. The average Bonchev–Trinajstić information content (AvgIpc) is 3.32. The summed E-state index contributed by atoms with van der Waals surface area (Å²) in [4.78, 5) is 37.4. The Hall–Kier alpha value is -2.69. The van der Waals surface area contributed by atoms with Crippen LogP contribution in [0.4, 0.5) is 5.00 Å². The van der Waals surface area contributed by atoms with Gasteiger partial charge in [-0.3, -0.25) is 9.59 Å². The molecular formula is C21H19BrClN3O5S. The van der Waals surface area contributed by atoms with E-state index in [-0.39, 0.29) is 35.4 Å². The molecule has 8 nitrogen and oxygen atoms in total. The summed E-state index contributed by atoms with van der Waals surface area (Å²) in [6.45, 7) is 4.97. The summed E-state index contributed by atoms with van der Waals surface area (Å²) in [5, 5.41) is 7.69. The van der Waals surface area contributed by atoms with E-state index in [9.17, 15) is 14.4 Å². The molecule has 0 radical (unpaired) electrons. The number of hydrogen-bond donors (Lipinski definition) is 1. The Kier molecular flexibility index (Phi) is 7.70. The van der Waals surface area contributed by atoms with Gasteiger partial charge in [0.2, 0.25) is 0 Å². The highest BCUT2D eigenvalue weighted by atomic mass is 79.9. The number of rotatable bonds is 8. The standard InChI is InChI=1S/C21H19BrClN3O5S/c1-4-30-21(29)17-11(2)18(12(3)27)32-20(17)24-19(28)15-7-8-26(25-15)10-31-16-6-5-13(23)9-14(16)22/h5-9H,4,10H2,1-3H3,(H,24,28). The van der Waals surface area contributed by atoms with Crippen molar-refractivity contribution in [3.8, 4) is 5.75 Å². The first kappa shape index (κ1) is 24.0. The summed E-state index contributed by atoms with van der Waals surface area (Å²) in [5.74, 6) is -0.760. The van der Waals surface area contributed by atoms with E-state index >= 15 is 0 Å². The highest BCUT2D eigenvalue weighted by molar-refractivity contribution is 9.10. The van der Waals surface area contributed by atoms with Gasteiger partial charge in [-0.25, -0.2) is 9.48 Å². The number of aromatic nitrogens is 2. The second-order valence-electron chi connectivity index (χ2n) is 6.58. The number of carbonyl (C=O) groups is 3. The van der Waals surface area contributed by atoms with Crippen molar-refractivity contribution in [3.63, 3.8) is 0 Å². The second kappa shape index (κ2) is 10.3. The van der Waals surface area contributed by atoms with Gasteiger partial charge in [0.25, 0.3) is 5.91 Å². The number of nitrogens with one attached hydrogen (secondary N) is 1. The van der Waals surface area contributed by atoms with E-state index in [0.717, 1.165) is 11.3 Å². The lowest BCUT2D eigenvalue weighted by atomic mass is 10.1. The van der Waals surface area contributed by atoms with Gasteiger partial charge in [0.1, 0.15) is 10.8 Å². The summed E-state index contributed by atoms with van der Waals surface area (Å²) >= 11 is 10.3. The van der Waals surface area contributed by atoms with Crippen molar-refractivity contribution in [3.05, 3.63) is 61.7 Å². The number of esters is 1. The molecule has 0 unspecified atom stereocenters. The minimum Gasteiger partial charge on any atom is -0.470 e. The Morgan fingerprint density at radius 2 is 2.03 bits per heavy atom. The SMILES string of the molecule is CCOC(=O)c1c(NC(=O)c2ccn(COc3ccc(Cl)cc3Br)n2)sc(C(C)=O)c1C. The van der Waals surface area contributed by atoms with Crippen LogP contribution in [0.5, 0.6) is 5.75 Å². The van der Waals surface area contributed by atoms with Crippen molar-refractivity contribution in [1.29, 1.82) is 0 Å². The first-order valence-electron chi connectivity index (χ1n) is 9.45. The third kappa shape index (κ3) is 5.37. The molecule has 11 heteroatoms. The number of carbonyl (C=O) groups excluding carboxylic acids is 3. The van der Waals surface area contributed by atoms with Gasteiger partial charge in [-0.05, 0) is 66.5 Å². The predicted molar refractivity (Wildman–Crippen MR) is 125 cm³/mol. The highest BCUT2D eigenvalue weighted by Crippen LogP contribution is 2.34. The third-order valence-electron chi connectivity index (χ3n) is 4.29. The number of anilines is 1. The maximum absolute atomic E-state index is 12.7. The number of halogens is 2. The van der Waals surface area contributed by atoms with Gasteiger partial charge in [0.15, 0.2) is 18.2 Å². The molecule has 1 amide bonds. The lowest BCUT2D eigenvalue weighted by molar-refractivity contribution is 0.0527. The minimum atomic E-state index is -0.600. The lowest BCUT2D eigenvalue weighted by Crippen LogP contribution is -2.16. The zero-order chi connectivity index (χ0) is 23.4. The molecule has 3 rings (SSSR count). The van der Waals surface area contributed by atoms with E-state index in [1.54, 1.807) is 38.2 Å². The van der Waals surface area contributed by atoms with E-state index in [2.05, 4.69) is 26.3 Å². The van der Waals surface area contributed by atoms with Crippen molar-refractivity contribution >= 4 is 61.5 Å². The lowest BCUT2D eigenvalue weighted by Gasteiger charge is -2.08. The molecular weight excluding hydrogens is 522 g/mol. The van der Waals surface area contributed by atoms with Gasteiger partial charge in [-0.2, -0.15) is 5.10 Å². The Morgan fingerprint density at radius 1 is 1.28 bits per heavy atom. The van der Waals surface area contributed by atoms with Crippen LogP contribution in [0.3, 0.4) is 0 Å². The average molecular weight is 541 g/mol. The van der Waals surface area contributed by atoms with Crippen LogP contribution in [0.15, 0.2) is 34.9 Å². The Bertz CT molecular complexity index is 1190. The topological polar surface area (TPSA) is 99.5 Å². The molecule has 0 fully saturated rings. The van der Waals surface area contributed by atoms with Crippen LogP contribution < -0.4 is 10.1 Å². The normalized spacial score (nSPS) is 10.7. The van der Waals surface area contributed by atoms with Crippen molar-refractivity contribution in [1.82, 2.24) is 9.78 Å². The molecule has 0 atom stereocenters. The molecule has 3 aromatic rings. The molecule has 2 heterocycles. The molecule has 0 saturated carbocycles. The second-order valence-corrected chi connectivity index (χ2v) is 8.89. The van der Waals surface area contributed by atoms with Gasteiger partial charge >= 0.3 is 5.97 Å². The largest absolute Gasteiger partial charge is 0.470 e. The van der Waals surface area contributed by atoms with Crippen molar-refractivity contribution in [2.24, 2.45) is 0 Å². The predicted octanol–water partition coefficient (Wildman–Crippen LogP) is 5.34. The fourth-order valence-corrected chi connectivity index (χ4v) is 4.72. The molecule has 168 valence electrons. The van der Waals surface area contributed by atoms with E-state index in [1.165, 1.54) is 17.7 Å². The van der Waals surface area contributed by atoms with Crippen LogP contribution in [0, 0.1) is 6.92 Å². The van der Waals surface area contributed by atoms with Crippen molar-refractivity contribution in [2.45, 2.75) is 27.5 Å². The monoisotopic (exact) mass is 539 g/mol. The number of thiophene rings is 1. The molecule has 0 saturated heterocycles. The van der Waals surface area contributed by atoms with Gasteiger partial charge in [-0.15, -0.1) is 11.3 Å². The molecule has 1 aromatic carbocycles. The number of Topliss-reactive ketones (excluding diaryl/α,β-unsaturated/α-hetero) is 1. The Labute approximate surface area is 201 Å². The number of nitrogens with zero attached hydrogens (tertiary/aromatic N) is 2. The smallest absolute Gasteiger partial charge is 0.341 e. The van der Waals surface area contributed by atoms with Crippen molar-refractivity contribution < 1.29 is 23.9 Å². The molecule has 32 heavy (non-hydrogen) atoms. The quantitative estimate of drug-likeness (QED) is 0.306. The summed E-state index contributed by atoms with van der Waals surface area (Å²) < 4.78 is 12.9. The van der Waals surface area contributed by atoms with Gasteiger partial charge in [0, 0.05) is 11.2 Å². The summed E-state index contributed by atoms with van der Waals surface area (Å²) in [6.07, 6.45) is 1.59. The third-order valence-corrected chi connectivity index (χ3v) is 6.46. The fourth-order valence-electron chi connectivity index (χ4n) is 2.84. The molecule has 0 aliphatic heterocycles. The van der Waals surface area contributed by atoms with Gasteiger partial charge in [-0.1, -0.05) is 11.6 Å². The molecule has 0 aliphatic carbocycles. The maximum atomic E-state index is 12.7. The van der Waals surface area contributed by atoms with E-state index in [1.807, 2.05) is 0 Å². The maximum Gasteiger partial charge on any atom is 0.341 e. The van der Waals surface area contributed by atoms with Crippen LogP contribution in [0.25, 0.3) is 0 Å². The molecule has 0 bridgehead atoms. The number of amides is 1. The van der Waals surface area contributed by atoms with Crippen LogP contribution >= 0.6 is 38.9 Å².